The van der Waals surface area contributed by atoms with Gasteiger partial charge in [-0.3, -0.25) is 14.7 Å². The number of nitrogens with zero attached hydrogens (tertiary/aromatic N) is 4. The second kappa shape index (κ2) is 8.43. The van der Waals surface area contributed by atoms with E-state index in [-0.39, 0.29) is 28.7 Å². The molecule has 1 saturated carbocycles. The van der Waals surface area contributed by atoms with E-state index in [1.807, 2.05) is 0 Å². The molecule has 4 aromatic rings. The average molecular weight is 527 g/mol. The maximum absolute atomic E-state index is 15.4. The van der Waals surface area contributed by atoms with Gasteiger partial charge in [-0.25, -0.2) is 13.8 Å². The van der Waals surface area contributed by atoms with E-state index >= 15 is 4.39 Å². The Kier molecular flexibility index (Phi) is 5.62. The monoisotopic (exact) mass is 526 g/mol. The number of hydrogen-bond donors (Lipinski definition) is 2. The number of carbonyl (C=O) groups is 2. The van der Waals surface area contributed by atoms with Crippen LogP contribution in [0, 0.1) is 11.7 Å². The molecular weight excluding hydrogens is 511 g/mol. The molecule has 0 bridgehead atoms. The highest BCUT2D eigenvalue weighted by Gasteiger charge is 2.43. The summed E-state index contributed by atoms with van der Waals surface area (Å²) in [4.78, 5) is 29.3. The molecule has 2 N–H and O–H groups in total. The van der Waals surface area contributed by atoms with Gasteiger partial charge >= 0.3 is 6.18 Å². The minimum absolute atomic E-state index is 0.116. The smallest absolute Gasteiger partial charge is 0.332 e. The van der Waals surface area contributed by atoms with Gasteiger partial charge in [0, 0.05) is 29.8 Å². The number of H-pyrrole nitrogens is 1. The van der Waals surface area contributed by atoms with Gasteiger partial charge in [-0.2, -0.15) is 18.3 Å². The number of halogens is 6. The molecule has 0 aliphatic heterocycles. The van der Waals surface area contributed by atoms with Crippen molar-refractivity contribution in [3.8, 4) is 11.1 Å². The Morgan fingerprint density at radius 1 is 1.31 bits per heavy atom. The molecule has 188 valence electrons. The number of pyridine rings is 1. The zero-order chi connectivity index (χ0) is 25.9. The van der Waals surface area contributed by atoms with Gasteiger partial charge in [-0.15, -0.1) is 0 Å². The number of alkyl halides is 4. The predicted molar refractivity (Wildman–Crippen MR) is 120 cm³/mol. The molecule has 5 rings (SSSR count). The summed E-state index contributed by atoms with van der Waals surface area (Å²) < 4.78 is 68.4. The van der Waals surface area contributed by atoms with E-state index in [0.29, 0.717) is 16.1 Å². The lowest BCUT2D eigenvalue weighted by Crippen LogP contribution is -2.36. The van der Waals surface area contributed by atoms with E-state index < -0.39 is 53.0 Å². The van der Waals surface area contributed by atoms with Crippen LogP contribution in [0.15, 0.2) is 30.7 Å². The fraction of sp³-hybridized carbons (Fsp3) is 0.273. The maximum Gasteiger partial charge on any atom is 0.406 e. The molecule has 0 saturated heterocycles. The van der Waals surface area contributed by atoms with Crippen LogP contribution in [0.2, 0.25) is 5.02 Å². The van der Waals surface area contributed by atoms with Crippen LogP contribution in [0.3, 0.4) is 0 Å². The average Bonchev–Trinajstić information content (AvgIpc) is 3.16. The van der Waals surface area contributed by atoms with Crippen molar-refractivity contribution in [2.24, 2.45) is 5.92 Å². The summed E-state index contributed by atoms with van der Waals surface area (Å²) in [7, 11) is 0.902. The van der Waals surface area contributed by atoms with Crippen molar-refractivity contribution in [1.82, 2.24) is 24.5 Å². The largest absolute Gasteiger partial charge is 0.406 e. The molecule has 0 radical (unpaired) electrons. The van der Waals surface area contributed by atoms with E-state index in [2.05, 4.69) is 20.5 Å². The number of benzene rings is 1. The lowest BCUT2D eigenvalue weighted by molar-refractivity contribution is -0.138. The first-order valence-corrected chi connectivity index (χ1v) is 10.9. The summed E-state index contributed by atoms with van der Waals surface area (Å²) >= 11 is 6.30. The molecular formula is C22H16ClF5N6O2. The summed E-state index contributed by atoms with van der Waals surface area (Å²) in [5.41, 5.74) is 0.161. The van der Waals surface area contributed by atoms with Gasteiger partial charge < -0.3 is 14.6 Å². The molecule has 0 spiro atoms. The van der Waals surface area contributed by atoms with Gasteiger partial charge in [0.15, 0.2) is 11.6 Å². The van der Waals surface area contributed by atoms with Crippen molar-refractivity contribution >= 4 is 45.8 Å². The third-order valence-electron chi connectivity index (χ3n) is 5.81. The van der Waals surface area contributed by atoms with E-state index in [1.165, 1.54) is 23.0 Å². The number of hydrogen-bond acceptors (Lipinski definition) is 4. The van der Waals surface area contributed by atoms with E-state index in [9.17, 15) is 27.2 Å². The van der Waals surface area contributed by atoms with Crippen molar-refractivity contribution in [2.45, 2.75) is 18.8 Å². The lowest BCUT2D eigenvalue weighted by atomic mass is 9.99. The normalized spacial score (nSPS) is 17.5. The Morgan fingerprint density at radius 2 is 2.03 bits per heavy atom. The number of nitrogens with one attached hydrogen (secondary N) is 2. The second-order valence-corrected chi connectivity index (χ2v) is 8.85. The number of carbonyl (C=O) groups excluding carboxylic acids is 2. The van der Waals surface area contributed by atoms with Crippen molar-refractivity contribution in [1.29, 1.82) is 0 Å². The number of aromatic amines is 1. The Balaban J connectivity index is 1.54. The third kappa shape index (κ3) is 4.23. The zero-order valence-corrected chi connectivity index (χ0v) is 19.1. The van der Waals surface area contributed by atoms with Crippen LogP contribution in [-0.2, 0) is 4.79 Å². The Bertz CT molecular complexity index is 1530. The second-order valence-electron chi connectivity index (χ2n) is 8.47. The van der Waals surface area contributed by atoms with Crippen molar-refractivity contribution in [3.63, 3.8) is 0 Å². The van der Waals surface area contributed by atoms with Crippen molar-refractivity contribution in [2.75, 3.05) is 18.9 Å². The maximum atomic E-state index is 15.4. The van der Waals surface area contributed by atoms with Crippen molar-refractivity contribution < 1.29 is 31.5 Å². The molecule has 36 heavy (non-hydrogen) atoms. The zero-order valence-electron chi connectivity index (χ0n) is 18.3. The fourth-order valence-electron chi connectivity index (χ4n) is 3.98. The molecule has 2 amide bonds. The molecule has 14 heteroatoms. The minimum atomic E-state index is -4.68. The molecule has 3 heterocycles. The van der Waals surface area contributed by atoms with E-state index in [0.717, 1.165) is 7.05 Å². The summed E-state index contributed by atoms with van der Waals surface area (Å²) in [6.45, 7) is -1.58. The van der Waals surface area contributed by atoms with Crippen LogP contribution in [0.25, 0.3) is 27.7 Å². The Hall–Kier alpha value is -3.74. The van der Waals surface area contributed by atoms with Gasteiger partial charge in [0.1, 0.15) is 23.9 Å². The van der Waals surface area contributed by atoms with E-state index in [4.69, 9.17) is 11.6 Å². The number of anilines is 1. The minimum Gasteiger partial charge on any atom is -0.332 e. The highest BCUT2D eigenvalue weighted by Crippen LogP contribution is 2.40. The van der Waals surface area contributed by atoms with Crippen LogP contribution >= 0.6 is 11.6 Å². The van der Waals surface area contributed by atoms with Gasteiger partial charge in [0.25, 0.3) is 5.91 Å². The number of rotatable bonds is 5. The fourth-order valence-corrected chi connectivity index (χ4v) is 4.29. The Labute approximate surface area is 204 Å². The third-order valence-corrected chi connectivity index (χ3v) is 6.16. The van der Waals surface area contributed by atoms with Crippen molar-refractivity contribution in [3.05, 3.63) is 47.1 Å². The van der Waals surface area contributed by atoms with Gasteiger partial charge in [0.2, 0.25) is 5.91 Å². The molecule has 1 aliphatic rings. The molecule has 1 aliphatic carbocycles. The highest BCUT2D eigenvalue weighted by atomic mass is 35.5. The Morgan fingerprint density at radius 3 is 2.69 bits per heavy atom. The molecule has 1 aromatic carbocycles. The topological polar surface area (TPSA) is 95.4 Å². The van der Waals surface area contributed by atoms with Gasteiger partial charge in [-0.1, -0.05) is 11.6 Å². The van der Waals surface area contributed by atoms with Gasteiger partial charge in [-0.05, 0) is 18.6 Å². The van der Waals surface area contributed by atoms with Crippen LogP contribution in [0.5, 0.6) is 0 Å². The standard InChI is InChI=1S/C22H16ClF5N6O2/c1-33(8-22(26,27)28)21(36)16-18(25)17(23)15(11-5-29-32-19(11)16)9-2-3-14-30-13(7-34(14)6-9)31-20(35)10-4-12(10)24/h2-3,5-7,10,12H,4,8H2,1H3,(H,29,32)(H,31,35)/t10-,12+/m1/s1. The summed E-state index contributed by atoms with van der Waals surface area (Å²) in [6.07, 6.45) is -1.37. The number of amides is 2. The SMILES string of the molecule is CN(CC(F)(F)F)C(=O)c1c(F)c(Cl)c(-c2ccc3nc(NC(=O)[C@@H]4C[C@@H]4F)cn3c2)c2cn[nH]c12. The number of imidazole rings is 1. The molecule has 1 fully saturated rings. The van der Waals surface area contributed by atoms with Crippen LogP contribution in [-0.4, -0.2) is 62.2 Å². The molecule has 3 aromatic heterocycles. The molecule has 2 atom stereocenters. The molecule has 8 nitrogen and oxygen atoms in total. The first-order chi connectivity index (χ1) is 16.9. The van der Waals surface area contributed by atoms with Gasteiger partial charge in [0.05, 0.1) is 28.9 Å². The number of aromatic nitrogens is 4. The first kappa shape index (κ1) is 24.0. The highest BCUT2D eigenvalue weighted by molar-refractivity contribution is 6.36. The predicted octanol–water partition coefficient (Wildman–Crippen LogP) is 4.60. The van der Waals surface area contributed by atoms with Crippen LogP contribution < -0.4 is 5.32 Å². The summed E-state index contributed by atoms with van der Waals surface area (Å²) in [5, 5.41) is 8.57. The summed E-state index contributed by atoms with van der Waals surface area (Å²) in [6, 6.07) is 3.13. The van der Waals surface area contributed by atoms with Crippen LogP contribution in [0.1, 0.15) is 16.8 Å². The van der Waals surface area contributed by atoms with Crippen LogP contribution in [0.4, 0.5) is 27.8 Å². The molecule has 0 unspecified atom stereocenters. The first-order valence-electron chi connectivity index (χ1n) is 10.5. The number of fused-ring (bicyclic) bond motifs is 2. The lowest BCUT2D eigenvalue weighted by Gasteiger charge is -2.20. The quantitative estimate of drug-likeness (QED) is 0.372. The van der Waals surface area contributed by atoms with E-state index in [1.54, 1.807) is 12.1 Å². The summed E-state index contributed by atoms with van der Waals surface area (Å²) in [5.74, 6) is -3.41.